The van der Waals surface area contributed by atoms with Gasteiger partial charge in [0.25, 0.3) is 0 Å². The Morgan fingerprint density at radius 1 is 1.24 bits per heavy atom. The topological polar surface area (TPSA) is 43.4 Å². The zero-order valence-corrected chi connectivity index (χ0v) is 9.89. The Labute approximate surface area is 101 Å². The van der Waals surface area contributed by atoms with Crippen molar-refractivity contribution in [3.63, 3.8) is 0 Å². The predicted molar refractivity (Wildman–Crippen MR) is 63.6 cm³/mol. The molecule has 3 nitrogen and oxygen atoms in total. The number of ether oxygens (including phenoxy) is 1. The molecule has 0 unspecified atom stereocenters. The van der Waals surface area contributed by atoms with Crippen molar-refractivity contribution in [3.8, 4) is 0 Å². The molecule has 2 atom stereocenters. The molecule has 0 N–H and O–H groups in total. The van der Waals surface area contributed by atoms with E-state index in [0.717, 1.165) is 18.4 Å². The van der Waals surface area contributed by atoms with E-state index in [-0.39, 0.29) is 17.7 Å². The number of esters is 1. The average molecular weight is 232 g/mol. The van der Waals surface area contributed by atoms with Crippen LogP contribution in [0.1, 0.15) is 37.7 Å². The zero-order chi connectivity index (χ0) is 12.3. The fraction of sp³-hybridized carbons (Fsp3) is 0.429. The summed E-state index contributed by atoms with van der Waals surface area (Å²) in [4.78, 5) is 23.1. The Hall–Kier alpha value is -1.64. The summed E-state index contributed by atoms with van der Waals surface area (Å²) < 4.78 is 5.07. The van der Waals surface area contributed by atoms with Gasteiger partial charge in [-0.05, 0) is 24.8 Å². The Morgan fingerprint density at radius 3 is 2.59 bits per heavy atom. The molecule has 90 valence electrons. The summed E-state index contributed by atoms with van der Waals surface area (Å²) in [6, 6.07) is 9.70. The van der Waals surface area contributed by atoms with Gasteiger partial charge in [0, 0.05) is 12.8 Å². The van der Waals surface area contributed by atoms with Crippen LogP contribution in [0.3, 0.4) is 0 Å². The highest BCUT2D eigenvalue weighted by Gasteiger charge is 2.33. The van der Waals surface area contributed by atoms with Gasteiger partial charge in [-0.3, -0.25) is 9.59 Å². The second-order valence-corrected chi connectivity index (χ2v) is 4.39. The van der Waals surface area contributed by atoms with Crippen molar-refractivity contribution in [2.45, 2.75) is 38.2 Å². The molecule has 2 rings (SSSR count). The monoisotopic (exact) mass is 232 g/mol. The second-order valence-electron chi connectivity index (χ2n) is 4.39. The summed E-state index contributed by atoms with van der Waals surface area (Å²) >= 11 is 0. The van der Waals surface area contributed by atoms with Gasteiger partial charge in [-0.1, -0.05) is 30.3 Å². The standard InChI is InChI=1S/C14H16O3/c1-10(15)17-13-9-5-8-12(14(13)16)11-6-3-2-4-7-11/h2-4,6-7,12-13H,5,8-9H2,1H3/t12-,13-/m0/s1. The lowest BCUT2D eigenvalue weighted by molar-refractivity contribution is -0.155. The Kier molecular flexibility index (Phi) is 3.57. The summed E-state index contributed by atoms with van der Waals surface area (Å²) in [5.74, 6) is -0.455. The molecule has 0 saturated heterocycles. The summed E-state index contributed by atoms with van der Waals surface area (Å²) in [6.45, 7) is 1.35. The molecule has 0 heterocycles. The van der Waals surface area contributed by atoms with Crippen LogP contribution in [-0.2, 0) is 14.3 Å². The van der Waals surface area contributed by atoms with Crippen molar-refractivity contribution in [3.05, 3.63) is 35.9 Å². The Bertz CT molecular complexity index is 411. The molecule has 0 bridgehead atoms. The van der Waals surface area contributed by atoms with E-state index >= 15 is 0 Å². The second kappa shape index (κ2) is 5.13. The number of hydrogen-bond donors (Lipinski definition) is 0. The normalized spacial score (nSPS) is 24.4. The van der Waals surface area contributed by atoms with Crippen LogP contribution in [-0.4, -0.2) is 17.9 Å². The highest BCUT2D eigenvalue weighted by molar-refractivity contribution is 5.91. The Morgan fingerprint density at radius 2 is 1.94 bits per heavy atom. The van der Waals surface area contributed by atoms with E-state index in [2.05, 4.69) is 0 Å². The molecule has 1 aromatic rings. The highest BCUT2D eigenvalue weighted by atomic mass is 16.5. The number of Topliss-reactive ketones (excluding diaryl/α,β-unsaturated/α-hetero) is 1. The van der Waals surface area contributed by atoms with Gasteiger partial charge in [0.15, 0.2) is 11.9 Å². The third-order valence-electron chi connectivity index (χ3n) is 3.13. The van der Waals surface area contributed by atoms with Crippen molar-refractivity contribution in [2.24, 2.45) is 0 Å². The summed E-state index contributed by atoms with van der Waals surface area (Å²) in [5.41, 5.74) is 1.02. The lowest BCUT2D eigenvalue weighted by atomic mass is 9.81. The van der Waals surface area contributed by atoms with Crippen LogP contribution < -0.4 is 0 Å². The maximum Gasteiger partial charge on any atom is 0.303 e. The quantitative estimate of drug-likeness (QED) is 0.736. The van der Waals surface area contributed by atoms with Crippen LogP contribution in [0.25, 0.3) is 0 Å². The highest BCUT2D eigenvalue weighted by Crippen LogP contribution is 2.31. The van der Waals surface area contributed by atoms with Crippen LogP contribution in [0.4, 0.5) is 0 Å². The minimum Gasteiger partial charge on any atom is -0.455 e. The molecule has 0 radical (unpaired) electrons. The van der Waals surface area contributed by atoms with E-state index in [1.54, 1.807) is 0 Å². The molecule has 0 spiro atoms. The van der Waals surface area contributed by atoms with Crippen molar-refractivity contribution in [1.29, 1.82) is 0 Å². The van der Waals surface area contributed by atoms with Gasteiger partial charge in [0.1, 0.15) is 0 Å². The summed E-state index contributed by atoms with van der Waals surface area (Å²) in [5, 5.41) is 0. The Balaban J connectivity index is 2.14. The number of ketones is 1. The minimum absolute atomic E-state index is 0.0395. The van der Waals surface area contributed by atoms with Crippen LogP contribution in [0.15, 0.2) is 30.3 Å². The number of benzene rings is 1. The minimum atomic E-state index is -0.550. The molecule has 3 heteroatoms. The first-order valence-electron chi connectivity index (χ1n) is 5.94. The SMILES string of the molecule is CC(=O)O[C@H]1CCC[C@@H](c2ccccc2)C1=O. The van der Waals surface area contributed by atoms with Crippen molar-refractivity contribution < 1.29 is 14.3 Å². The first kappa shape index (κ1) is 11.8. The van der Waals surface area contributed by atoms with Gasteiger partial charge >= 0.3 is 5.97 Å². The molecule has 1 aromatic carbocycles. The summed E-state index contributed by atoms with van der Waals surface area (Å²) in [7, 11) is 0. The smallest absolute Gasteiger partial charge is 0.303 e. The lowest BCUT2D eigenvalue weighted by Gasteiger charge is -2.27. The van der Waals surface area contributed by atoms with E-state index in [0.29, 0.717) is 6.42 Å². The van der Waals surface area contributed by atoms with Crippen LogP contribution >= 0.6 is 0 Å². The number of carbonyl (C=O) groups excluding carboxylic acids is 2. The fourth-order valence-corrected chi connectivity index (χ4v) is 2.35. The largest absolute Gasteiger partial charge is 0.455 e. The third-order valence-corrected chi connectivity index (χ3v) is 3.13. The maximum absolute atomic E-state index is 12.2. The van der Waals surface area contributed by atoms with E-state index in [1.165, 1.54) is 6.92 Å². The van der Waals surface area contributed by atoms with Gasteiger partial charge in [0.2, 0.25) is 0 Å². The molecule has 0 aliphatic heterocycles. The van der Waals surface area contributed by atoms with Gasteiger partial charge in [-0.25, -0.2) is 0 Å². The molecule has 17 heavy (non-hydrogen) atoms. The van der Waals surface area contributed by atoms with Crippen LogP contribution in [0, 0.1) is 0 Å². The first-order valence-corrected chi connectivity index (χ1v) is 5.94. The fourth-order valence-electron chi connectivity index (χ4n) is 2.35. The molecule has 1 fully saturated rings. The van der Waals surface area contributed by atoms with Gasteiger partial charge in [0.05, 0.1) is 0 Å². The van der Waals surface area contributed by atoms with Gasteiger partial charge in [-0.2, -0.15) is 0 Å². The van der Waals surface area contributed by atoms with Gasteiger partial charge in [-0.15, -0.1) is 0 Å². The molecular weight excluding hydrogens is 216 g/mol. The van der Waals surface area contributed by atoms with Crippen molar-refractivity contribution in [2.75, 3.05) is 0 Å². The third kappa shape index (κ3) is 2.73. The van der Waals surface area contributed by atoms with Gasteiger partial charge < -0.3 is 4.74 Å². The van der Waals surface area contributed by atoms with E-state index in [4.69, 9.17) is 4.74 Å². The maximum atomic E-state index is 12.2. The number of carbonyl (C=O) groups is 2. The first-order chi connectivity index (χ1) is 8.18. The lowest BCUT2D eigenvalue weighted by Crippen LogP contribution is -2.34. The van der Waals surface area contributed by atoms with Crippen LogP contribution in [0.5, 0.6) is 0 Å². The number of rotatable bonds is 2. The summed E-state index contributed by atoms with van der Waals surface area (Å²) in [6.07, 6.45) is 1.87. The van der Waals surface area contributed by atoms with E-state index < -0.39 is 6.10 Å². The molecule has 0 aromatic heterocycles. The van der Waals surface area contributed by atoms with Crippen molar-refractivity contribution in [1.82, 2.24) is 0 Å². The predicted octanol–water partition coefficient (Wildman–Crippen LogP) is 2.45. The molecule has 1 saturated carbocycles. The number of hydrogen-bond acceptors (Lipinski definition) is 3. The van der Waals surface area contributed by atoms with Crippen LogP contribution in [0.2, 0.25) is 0 Å². The van der Waals surface area contributed by atoms with E-state index in [1.807, 2.05) is 30.3 Å². The van der Waals surface area contributed by atoms with E-state index in [9.17, 15) is 9.59 Å². The molecule has 1 aliphatic rings. The zero-order valence-electron chi connectivity index (χ0n) is 9.89. The molecule has 1 aliphatic carbocycles. The average Bonchev–Trinajstić information content (AvgIpc) is 2.32. The van der Waals surface area contributed by atoms with Crippen molar-refractivity contribution >= 4 is 11.8 Å². The molecule has 0 amide bonds. The molecular formula is C14H16O3.